The average Bonchev–Trinajstić information content (AvgIpc) is 2.78. The number of carbonyl (C=O) groups is 1. The molecular formula is C10H15N3O2S. The van der Waals surface area contributed by atoms with Crippen molar-refractivity contribution in [2.75, 3.05) is 12.3 Å². The number of hydrogen-bond acceptors (Lipinski definition) is 4. The van der Waals surface area contributed by atoms with Crippen molar-refractivity contribution < 1.29 is 9.59 Å². The standard InChI is InChI=1S/C10H15N3O2S/c14-6-11-4-2-1-3-8-9-7(5-16-8)12-10(15)13-9/h7-9H,1-5H2,(H2,12,13,15)/t7-,8-,9-/m0/s1. The Bertz CT molecular complexity index is 317. The Morgan fingerprint density at radius 2 is 2.31 bits per heavy atom. The van der Waals surface area contributed by atoms with Crippen molar-refractivity contribution in [3.63, 3.8) is 0 Å². The molecule has 16 heavy (non-hydrogen) atoms. The first-order valence-electron chi connectivity index (χ1n) is 5.53. The number of aliphatic imine (C=N–C) groups is 1. The molecule has 2 heterocycles. The van der Waals surface area contributed by atoms with Gasteiger partial charge in [-0.25, -0.2) is 14.6 Å². The first-order chi connectivity index (χ1) is 7.81. The van der Waals surface area contributed by atoms with Gasteiger partial charge in [-0.15, -0.1) is 0 Å². The van der Waals surface area contributed by atoms with Crippen LogP contribution in [-0.2, 0) is 4.79 Å². The SMILES string of the molecule is O=C=NCCCC[C@@H]1SC[C@@H]2NC(=O)N[C@@H]21. The third-order valence-corrected chi connectivity index (χ3v) is 4.52. The Balaban J connectivity index is 1.70. The first-order valence-corrected chi connectivity index (χ1v) is 6.58. The van der Waals surface area contributed by atoms with Crippen LogP contribution in [0.2, 0.25) is 0 Å². The molecule has 2 N–H and O–H groups in total. The highest BCUT2D eigenvalue weighted by Gasteiger charge is 2.42. The topological polar surface area (TPSA) is 70.6 Å². The molecule has 0 aromatic carbocycles. The number of fused-ring (bicyclic) bond motifs is 1. The smallest absolute Gasteiger partial charge is 0.315 e. The molecule has 0 saturated carbocycles. The third kappa shape index (κ3) is 2.57. The minimum absolute atomic E-state index is 0.0362. The molecule has 0 aromatic heterocycles. The maximum absolute atomic E-state index is 11.1. The minimum Gasteiger partial charge on any atom is -0.332 e. The van der Waals surface area contributed by atoms with Gasteiger partial charge in [-0.3, -0.25) is 0 Å². The van der Waals surface area contributed by atoms with Crippen LogP contribution in [0.3, 0.4) is 0 Å². The molecule has 2 saturated heterocycles. The summed E-state index contributed by atoms with van der Waals surface area (Å²) in [6, 6.07) is 0.549. The second-order valence-electron chi connectivity index (χ2n) is 4.09. The molecule has 0 aliphatic carbocycles. The summed E-state index contributed by atoms with van der Waals surface area (Å²) in [5.41, 5.74) is 0. The van der Waals surface area contributed by atoms with Crippen LogP contribution in [0.25, 0.3) is 0 Å². The van der Waals surface area contributed by atoms with Gasteiger partial charge in [0.15, 0.2) is 0 Å². The Hall–Kier alpha value is -1.00. The zero-order valence-electron chi connectivity index (χ0n) is 8.94. The molecule has 2 rings (SSSR count). The van der Waals surface area contributed by atoms with E-state index >= 15 is 0 Å². The second-order valence-corrected chi connectivity index (χ2v) is 5.36. The summed E-state index contributed by atoms with van der Waals surface area (Å²) in [5, 5.41) is 6.38. The van der Waals surface area contributed by atoms with Crippen LogP contribution in [0.5, 0.6) is 0 Å². The minimum atomic E-state index is -0.0362. The van der Waals surface area contributed by atoms with Gasteiger partial charge in [0.05, 0.1) is 18.6 Å². The molecule has 0 radical (unpaired) electrons. The van der Waals surface area contributed by atoms with Crippen molar-refractivity contribution in [3.05, 3.63) is 0 Å². The average molecular weight is 241 g/mol. The summed E-state index contributed by atoms with van der Waals surface area (Å²) in [4.78, 5) is 24.5. The Labute approximate surface area is 98.5 Å². The molecular weight excluding hydrogens is 226 g/mol. The predicted octanol–water partition coefficient (Wildman–Crippen LogP) is 0.658. The lowest BCUT2D eigenvalue weighted by Gasteiger charge is -2.15. The fourth-order valence-electron chi connectivity index (χ4n) is 2.23. The Morgan fingerprint density at radius 3 is 3.12 bits per heavy atom. The number of nitrogens with one attached hydrogen (secondary N) is 2. The van der Waals surface area contributed by atoms with Gasteiger partial charge in [-0.2, -0.15) is 11.8 Å². The van der Waals surface area contributed by atoms with Gasteiger partial charge < -0.3 is 10.6 Å². The van der Waals surface area contributed by atoms with Gasteiger partial charge in [-0.1, -0.05) is 6.42 Å². The number of hydrogen-bond donors (Lipinski definition) is 2. The highest BCUT2D eigenvalue weighted by atomic mass is 32.2. The van der Waals surface area contributed by atoms with Gasteiger partial charge in [0.1, 0.15) is 0 Å². The fourth-order valence-corrected chi connectivity index (χ4v) is 3.77. The summed E-state index contributed by atoms with van der Waals surface area (Å²) in [7, 11) is 0. The van der Waals surface area contributed by atoms with E-state index in [1.54, 1.807) is 6.08 Å². The summed E-state index contributed by atoms with van der Waals surface area (Å²) in [5.74, 6) is 1.00. The van der Waals surface area contributed by atoms with E-state index in [-0.39, 0.29) is 12.1 Å². The van der Waals surface area contributed by atoms with Crippen molar-refractivity contribution in [2.24, 2.45) is 4.99 Å². The van der Waals surface area contributed by atoms with Crippen LogP contribution in [0.4, 0.5) is 4.79 Å². The van der Waals surface area contributed by atoms with Crippen molar-refractivity contribution in [2.45, 2.75) is 36.6 Å². The molecule has 0 spiro atoms. The van der Waals surface area contributed by atoms with Crippen molar-refractivity contribution in [1.82, 2.24) is 10.6 Å². The normalized spacial score (nSPS) is 31.5. The number of isocyanates is 1. The molecule has 3 atom stereocenters. The van der Waals surface area contributed by atoms with Crippen LogP contribution in [0.15, 0.2) is 4.99 Å². The van der Waals surface area contributed by atoms with Crippen LogP contribution in [0.1, 0.15) is 19.3 Å². The number of unbranched alkanes of at least 4 members (excludes halogenated alkanes) is 1. The zero-order valence-corrected chi connectivity index (χ0v) is 9.76. The summed E-state index contributed by atoms with van der Waals surface area (Å²) < 4.78 is 0. The lowest BCUT2D eigenvalue weighted by molar-refractivity contribution is 0.247. The van der Waals surface area contributed by atoms with Gasteiger partial charge in [0.2, 0.25) is 6.08 Å². The quantitative estimate of drug-likeness (QED) is 0.321. The maximum atomic E-state index is 11.1. The maximum Gasteiger partial charge on any atom is 0.315 e. The molecule has 5 nitrogen and oxygen atoms in total. The first kappa shape index (κ1) is 11.5. The molecule has 2 aliphatic rings. The Kier molecular flexibility index (Phi) is 3.85. The van der Waals surface area contributed by atoms with E-state index < -0.39 is 0 Å². The van der Waals surface area contributed by atoms with Gasteiger partial charge in [0.25, 0.3) is 0 Å². The van der Waals surface area contributed by atoms with E-state index in [0.29, 0.717) is 17.8 Å². The van der Waals surface area contributed by atoms with E-state index in [1.807, 2.05) is 11.8 Å². The summed E-state index contributed by atoms with van der Waals surface area (Å²) in [6.45, 7) is 0.569. The largest absolute Gasteiger partial charge is 0.332 e. The third-order valence-electron chi connectivity index (χ3n) is 3.01. The van der Waals surface area contributed by atoms with Crippen LogP contribution in [-0.4, -0.2) is 41.7 Å². The van der Waals surface area contributed by atoms with E-state index in [9.17, 15) is 9.59 Å². The molecule has 2 fully saturated rings. The highest BCUT2D eigenvalue weighted by Crippen LogP contribution is 2.32. The molecule has 2 amide bonds. The summed E-state index contributed by atoms with van der Waals surface area (Å²) >= 11 is 1.92. The molecule has 2 aliphatic heterocycles. The van der Waals surface area contributed by atoms with Crippen LogP contribution >= 0.6 is 11.8 Å². The predicted molar refractivity (Wildman–Crippen MR) is 62.3 cm³/mol. The van der Waals surface area contributed by atoms with E-state index in [2.05, 4.69) is 15.6 Å². The fraction of sp³-hybridized carbons (Fsp3) is 0.800. The van der Waals surface area contributed by atoms with Gasteiger partial charge in [-0.05, 0) is 12.8 Å². The van der Waals surface area contributed by atoms with E-state index in [1.165, 1.54) is 0 Å². The Morgan fingerprint density at radius 1 is 1.44 bits per heavy atom. The zero-order chi connectivity index (χ0) is 11.4. The number of rotatable bonds is 5. The van der Waals surface area contributed by atoms with Crippen LogP contribution in [0, 0.1) is 0 Å². The van der Waals surface area contributed by atoms with Gasteiger partial charge >= 0.3 is 6.03 Å². The van der Waals surface area contributed by atoms with Gasteiger partial charge in [0, 0.05) is 11.0 Å². The van der Waals surface area contributed by atoms with Crippen molar-refractivity contribution in [3.8, 4) is 0 Å². The number of urea groups is 1. The van der Waals surface area contributed by atoms with Crippen LogP contribution < -0.4 is 10.6 Å². The number of amides is 2. The van der Waals surface area contributed by atoms with Crippen molar-refractivity contribution >= 4 is 23.9 Å². The lowest BCUT2D eigenvalue weighted by atomic mass is 10.0. The second kappa shape index (κ2) is 5.37. The molecule has 0 aromatic rings. The highest BCUT2D eigenvalue weighted by molar-refractivity contribution is 8.00. The monoisotopic (exact) mass is 241 g/mol. The van der Waals surface area contributed by atoms with E-state index in [4.69, 9.17) is 0 Å². The van der Waals surface area contributed by atoms with E-state index in [0.717, 1.165) is 25.0 Å². The number of nitrogens with zero attached hydrogens (tertiary/aromatic N) is 1. The summed E-state index contributed by atoms with van der Waals surface area (Å²) in [6.07, 6.45) is 4.58. The van der Waals surface area contributed by atoms with Crippen molar-refractivity contribution in [1.29, 1.82) is 0 Å². The number of thioether (sulfide) groups is 1. The molecule has 88 valence electrons. The molecule has 6 heteroatoms. The molecule has 0 bridgehead atoms. The number of carbonyl (C=O) groups excluding carboxylic acids is 2. The lowest BCUT2D eigenvalue weighted by Crippen LogP contribution is -2.36. The molecule has 0 unspecified atom stereocenters.